The first kappa shape index (κ1) is 17.8. The second-order valence-corrected chi connectivity index (χ2v) is 5.87. The Bertz CT molecular complexity index is 867. The van der Waals surface area contributed by atoms with E-state index in [1.54, 1.807) is 27.5 Å². The Hall–Kier alpha value is -3.03. The third kappa shape index (κ3) is 3.49. The smallest absolute Gasteiger partial charge is 0.205 e. The highest BCUT2D eigenvalue weighted by Crippen LogP contribution is 2.43. The molecular weight excluding hydrogens is 334 g/mol. The number of nitrogens with one attached hydrogen (secondary N) is 1. The topological polar surface area (TPSA) is 83.3 Å². The van der Waals surface area contributed by atoms with Crippen molar-refractivity contribution in [1.29, 1.82) is 0 Å². The fraction of sp³-hybridized carbons (Fsp3) is 0.389. The quantitative estimate of drug-likeness (QED) is 0.663. The van der Waals surface area contributed by atoms with Crippen LogP contribution in [-0.4, -0.2) is 47.1 Å². The minimum absolute atomic E-state index is 0.191. The van der Waals surface area contributed by atoms with Gasteiger partial charge in [0, 0.05) is 25.0 Å². The van der Waals surface area contributed by atoms with Crippen molar-refractivity contribution in [3.05, 3.63) is 30.9 Å². The molecule has 1 N–H and O–H groups in total. The molecule has 1 atom stereocenters. The van der Waals surface area contributed by atoms with Crippen molar-refractivity contribution in [3.63, 3.8) is 0 Å². The van der Waals surface area contributed by atoms with Crippen molar-refractivity contribution in [1.82, 2.24) is 19.7 Å². The molecule has 0 fully saturated rings. The van der Waals surface area contributed by atoms with Crippen molar-refractivity contribution in [2.75, 3.05) is 26.6 Å². The first-order valence-corrected chi connectivity index (χ1v) is 8.35. The molecule has 0 aliphatic rings. The molecule has 2 heterocycles. The van der Waals surface area contributed by atoms with Gasteiger partial charge < -0.3 is 19.5 Å². The Morgan fingerprint density at radius 1 is 1.12 bits per heavy atom. The highest BCUT2D eigenvalue weighted by molar-refractivity contribution is 5.96. The van der Waals surface area contributed by atoms with E-state index in [9.17, 15) is 0 Å². The van der Waals surface area contributed by atoms with Gasteiger partial charge >= 0.3 is 0 Å². The zero-order valence-electron chi connectivity index (χ0n) is 15.4. The van der Waals surface area contributed by atoms with Crippen LogP contribution in [0, 0.1) is 0 Å². The largest absolute Gasteiger partial charge is 0.493 e. The number of ether oxygens (including phenoxy) is 3. The molecule has 0 radical (unpaired) electrons. The van der Waals surface area contributed by atoms with Crippen molar-refractivity contribution in [2.45, 2.75) is 25.9 Å². The Morgan fingerprint density at radius 2 is 1.92 bits per heavy atom. The maximum Gasteiger partial charge on any atom is 0.205 e. The monoisotopic (exact) mass is 357 g/mol. The molecule has 26 heavy (non-hydrogen) atoms. The Kier molecular flexibility index (Phi) is 5.40. The lowest BCUT2D eigenvalue weighted by molar-refractivity contribution is 0.327. The molecule has 0 spiro atoms. The molecule has 0 aliphatic carbocycles. The number of rotatable bonds is 8. The number of hydrogen-bond acceptors (Lipinski definition) is 7. The van der Waals surface area contributed by atoms with Crippen LogP contribution in [0.2, 0.25) is 0 Å². The fourth-order valence-electron chi connectivity index (χ4n) is 2.84. The second-order valence-electron chi connectivity index (χ2n) is 5.87. The average molecular weight is 357 g/mol. The van der Waals surface area contributed by atoms with Crippen LogP contribution in [0.3, 0.4) is 0 Å². The van der Waals surface area contributed by atoms with Gasteiger partial charge in [0.1, 0.15) is 17.7 Å². The molecule has 1 aromatic carbocycles. The van der Waals surface area contributed by atoms with Crippen LogP contribution in [0.4, 0.5) is 5.82 Å². The number of benzene rings is 1. The van der Waals surface area contributed by atoms with E-state index in [0.29, 0.717) is 22.8 Å². The van der Waals surface area contributed by atoms with Crippen molar-refractivity contribution in [2.24, 2.45) is 0 Å². The van der Waals surface area contributed by atoms with Gasteiger partial charge in [-0.1, -0.05) is 0 Å². The van der Waals surface area contributed by atoms with Gasteiger partial charge in [-0.25, -0.2) is 9.97 Å². The highest BCUT2D eigenvalue weighted by atomic mass is 16.5. The van der Waals surface area contributed by atoms with E-state index < -0.39 is 0 Å². The van der Waals surface area contributed by atoms with Gasteiger partial charge in [-0.05, 0) is 25.5 Å². The number of hydrogen-bond donors (Lipinski definition) is 1. The predicted molar refractivity (Wildman–Crippen MR) is 99.1 cm³/mol. The summed E-state index contributed by atoms with van der Waals surface area (Å²) in [5, 5.41) is 8.48. The van der Waals surface area contributed by atoms with Gasteiger partial charge in [-0.3, -0.25) is 4.68 Å². The lowest BCUT2D eigenvalue weighted by atomic mass is 10.1. The Morgan fingerprint density at radius 3 is 2.58 bits per heavy atom. The molecule has 3 rings (SSSR count). The Balaban J connectivity index is 1.90. The predicted octanol–water partition coefficient (Wildman–Crippen LogP) is 2.74. The Labute approximate surface area is 152 Å². The SMILES string of the molecule is COc1cc2c(NC(C)CCn3cccn3)ncnc2c(OC)c1OC. The van der Waals surface area contributed by atoms with E-state index in [2.05, 4.69) is 27.3 Å². The van der Waals surface area contributed by atoms with Gasteiger partial charge in [-0.2, -0.15) is 5.10 Å². The lowest BCUT2D eigenvalue weighted by Crippen LogP contribution is -2.19. The summed E-state index contributed by atoms with van der Waals surface area (Å²) >= 11 is 0. The van der Waals surface area contributed by atoms with Crippen molar-refractivity contribution >= 4 is 16.7 Å². The van der Waals surface area contributed by atoms with E-state index in [-0.39, 0.29) is 6.04 Å². The number of fused-ring (bicyclic) bond motifs is 1. The number of aromatic nitrogens is 4. The average Bonchev–Trinajstić information content (AvgIpc) is 3.18. The second kappa shape index (κ2) is 7.90. The summed E-state index contributed by atoms with van der Waals surface area (Å²) in [5.74, 6) is 2.33. The number of methoxy groups -OCH3 is 3. The van der Waals surface area contributed by atoms with E-state index >= 15 is 0 Å². The highest BCUT2D eigenvalue weighted by Gasteiger charge is 2.19. The maximum absolute atomic E-state index is 5.51. The van der Waals surface area contributed by atoms with Crippen LogP contribution in [-0.2, 0) is 6.54 Å². The molecule has 138 valence electrons. The molecule has 0 saturated heterocycles. The summed E-state index contributed by atoms with van der Waals surface area (Å²) in [7, 11) is 4.75. The van der Waals surface area contributed by atoms with Gasteiger partial charge in [0.2, 0.25) is 5.75 Å². The van der Waals surface area contributed by atoms with Gasteiger partial charge in [0.25, 0.3) is 0 Å². The number of nitrogens with zero attached hydrogens (tertiary/aromatic N) is 4. The first-order chi connectivity index (χ1) is 12.7. The van der Waals surface area contributed by atoms with Crippen molar-refractivity contribution in [3.8, 4) is 17.2 Å². The molecule has 0 bridgehead atoms. The van der Waals surface area contributed by atoms with E-state index in [0.717, 1.165) is 24.2 Å². The standard InChI is InChI=1S/C18H23N5O3/c1-12(6-9-23-8-5-7-21-23)22-18-13-10-14(24-2)16(25-3)17(26-4)15(13)19-11-20-18/h5,7-8,10-12H,6,9H2,1-4H3,(H,19,20,22). The van der Waals surface area contributed by atoms with E-state index in [1.807, 2.05) is 23.0 Å². The van der Waals surface area contributed by atoms with Crippen LogP contribution in [0.25, 0.3) is 10.9 Å². The zero-order valence-corrected chi connectivity index (χ0v) is 15.4. The van der Waals surface area contributed by atoms with Crippen molar-refractivity contribution < 1.29 is 14.2 Å². The molecule has 0 aliphatic heterocycles. The summed E-state index contributed by atoms with van der Waals surface area (Å²) in [6.45, 7) is 2.93. The van der Waals surface area contributed by atoms with Gasteiger partial charge in [0.05, 0.1) is 26.7 Å². The summed E-state index contributed by atoms with van der Waals surface area (Å²) in [4.78, 5) is 8.77. The normalized spacial score (nSPS) is 12.0. The zero-order chi connectivity index (χ0) is 18.5. The van der Waals surface area contributed by atoms with Gasteiger partial charge in [0.15, 0.2) is 11.5 Å². The van der Waals surface area contributed by atoms with Crippen LogP contribution < -0.4 is 19.5 Å². The molecule has 0 amide bonds. The molecule has 8 nitrogen and oxygen atoms in total. The number of anilines is 1. The summed E-state index contributed by atoms with van der Waals surface area (Å²) < 4.78 is 18.3. The third-order valence-corrected chi connectivity index (χ3v) is 4.17. The van der Waals surface area contributed by atoms with Crippen LogP contribution in [0.1, 0.15) is 13.3 Å². The maximum atomic E-state index is 5.51. The summed E-state index contributed by atoms with van der Waals surface area (Å²) in [6, 6.07) is 3.97. The lowest BCUT2D eigenvalue weighted by Gasteiger charge is -2.18. The molecule has 2 aromatic heterocycles. The van der Waals surface area contributed by atoms with E-state index in [4.69, 9.17) is 14.2 Å². The summed E-state index contributed by atoms with van der Waals surface area (Å²) in [5.41, 5.74) is 0.668. The first-order valence-electron chi connectivity index (χ1n) is 8.35. The molecule has 0 saturated carbocycles. The minimum Gasteiger partial charge on any atom is -0.493 e. The third-order valence-electron chi connectivity index (χ3n) is 4.17. The molecule has 8 heteroatoms. The van der Waals surface area contributed by atoms with E-state index in [1.165, 1.54) is 6.33 Å². The van der Waals surface area contributed by atoms with Crippen LogP contribution >= 0.6 is 0 Å². The van der Waals surface area contributed by atoms with Crippen LogP contribution in [0.5, 0.6) is 17.2 Å². The fourth-order valence-corrected chi connectivity index (χ4v) is 2.84. The van der Waals surface area contributed by atoms with Crippen LogP contribution in [0.15, 0.2) is 30.9 Å². The van der Waals surface area contributed by atoms with Gasteiger partial charge in [-0.15, -0.1) is 0 Å². The molecule has 1 unspecified atom stereocenters. The molecule has 3 aromatic rings. The summed E-state index contributed by atoms with van der Waals surface area (Å²) in [6.07, 6.45) is 6.15. The number of aryl methyl sites for hydroxylation is 1. The minimum atomic E-state index is 0.191. The molecular formula is C18H23N5O3.